The first-order valence-electron chi connectivity index (χ1n) is 3.31. The van der Waals surface area contributed by atoms with Crippen molar-refractivity contribution in [2.75, 3.05) is 0 Å². The van der Waals surface area contributed by atoms with E-state index < -0.39 is 10.0 Å². The topological polar surface area (TPSA) is 60.2 Å². The summed E-state index contributed by atoms with van der Waals surface area (Å²) in [5.74, 6) is 0. The molecule has 2 N–H and O–H groups in total. The molecule has 72 valence electrons. The van der Waals surface area contributed by atoms with E-state index in [-0.39, 0.29) is 4.90 Å². The van der Waals surface area contributed by atoms with Gasteiger partial charge in [-0.3, -0.25) is 0 Å². The van der Waals surface area contributed by atoms with Gasteiger partial charge in [-0.15, -0.1) is 0 Å². The summed E-state index contributed by atoms with van der Waals surface area (Å²) in [6.45, 7) is 1.83. The molecule has 3 nitrogen and oxygen atoms in total. The van der Waals surface area contributed by atoms with Crippen LogP contribution in [0.25, 0.3) is 0 Å². The number of hydrogen-bond acceptors (Lipinski definition) is 2. The van der Waals surface area contributed by atoms with Crippen LogP contribution in [0.2, 0.25) is 0 Å². The molecule has 1 aromatic rings. The van der Waals surface area contributed by atoms with E-state index in [0.29, 0.717) is 4.47 Å². The Kier molecular flexibility index (Phi) is 3.37. The van der Waals surface area contributed by atoms with Gasteiger partial charge in [-0.1, -0.05) is 0 Å². The molecular weight excluding hydrogens is 369 g/mol. The van der Waals surface area contributed by atoms with E-state index in [4.69, 9.17) is 5.14 Å². The van der Waals surface area contributed by atoms with Crippen LogP contribution in [0.3, 0.4) is 0 Å². The van der Waals surface area contributed by atoms with Crippen LogP contribution in [0.5, 0.6) is 0 Å². The van der Waals surface area contributed by atoms with Gasteiger partial charge in [-0.05, 0) is 63.1 Å². The second-order valence-corrected chi connectivity index (χ2v) is 6.01. The molecule has 6 heteroatoms. The fourth-order valence-corrected chi connectivity index (χ4v) is 3.36. The molecule has 0 unspecified atom stereocenters. The van der Waals surface area contributed by atoms with Crippen LogP contribution in [0.4, 0.5) is 0 Å². The SMILES string of the molecule is Cc1c(I)ccc(S(N)(=O)=O)c1Br. The largest absolute Gasteiger partial charge is 0.239 e. The maximum Gasteiger partial charge on any atom is 0.239 e. The predicted molar refractivity (Wildman–Crippen MR) is 63.0 cm³/mol. The van der Waals surface area contributed by atoms with E-state index in [0.717, 1.165) is 9.13 Å². The Bertz CT molecular complexity index is 444. The second-order valence-electron chi connectivity index (χ2n) is 2.53. The molecule has 0 saturated carbocycles. The molecule has 13 heavy (non-hydrogen) atoms. The zero-order valence-electron chi connectivity index (χ0n) is 6.71. The normalized spacial score (nSPS) is 11.7. The molecule has 0 aliphatic heterocycles. The predicted octanol–water partition coefficient (Wildman–Crippen LogP) is 2.01. The summed E-state index contributed by atoms with van der Waals surface area (Å²) in [6.07, 6.45) is 0. The summed E-state index contributed by atoms with van der Waals surface area (Å²) in [7, 11) is -3.62. The second kappa shape index (κ2) is 3.84. The minimum atomic E-state index is -3.62. The van der Waals surface area contributed by atoms with Crippen molar-refractivity contribution < 1.29 is 8.42 Å². The van der Waals surface area contributed by atoms with Crippen LogP contribution in [-0.4, -0.2) is 8.42 Å². The monoisotopic (exact) mass is 375 g/mol. The first-order valence-corrected chi connectivity index (χ1v) is 6.73. The third-order valence-corrected chi connectivity index (χ3v) is 5.00. The van der Waals surface area contributed by atoms with E-state index >= 15 is 0 Å². The van der Waals surface area contributed by atoms with Gasteiger partial charge < -0.3 is 0 Å². The first-order chi connectivity index (χ1) is 5.84. The van der Waals surface area contributed by atoms with Crippen molar-refractivity contribution in [3.8, 4) is 0 Å². The van der Waals surface area contributed by atoms with E-state index in [1.165, 1.54) is 6.07 Å². The van der Waals surface area contributed by atoms with Gasteiger partial charge in [0.1, 0.15) is 0 Å². The summed E-state index contributed by atoms with van der Waals surface area (Å²) < 4.78 is 23.7. The van der Waals surface area contributed by atoms with E-state index in [9.17, 15) is 8.42 Å². The quantitative estimate of drug-likeness (QED) is 0.763. The molecule has 1 rings (SSSR count). The highest BCUT2D eigenvalue weighted by Crippen LogP contribution is 2.27. The molecule has 0 spiro atoms. The van der Waals surface area contributed by atoms with Crippen molar-refractivity contribution in [3.05, 3.63) is 25.7 Å². The Balaban J connectivity index is 3.53. The third kappa shape index (κ3) is 2.42. The molecule has 0 bridgehead atoms. The minimum absolute atomic E-state index is 0.130. The summed E-state index contributed by atoms with van der Waals surface area (Å²) in [5, 5.41) is 5.02. The lowest BCUT2D eigenvalue weighted by Gasteiger charge is -2.06. The lowest BCUT2D eigenvalue weighted by atomic mass is 10.2. The fourth-order valence-electron chi connectivity index (χ4n) is 0.856. The summed E-state index contributed by atoms with van der Waals surface area (Å²) in [6, 6.07) is 3.22. The molecule has 0 fully saturated rings. The van der Waals surface area contributed by atoms with E-state index in [2.05, 4.69) is 38.5 Å². The molecule has 0 saturated heterocycles. The zero-order valence-corrected chi connectivity index (χ0v) is 11.3. The van der Waals surface area contributed by atoms with Crippen LogP contribution in [-0.2, 0) is 10.0 Å². The van der Waals surface area contributed by atoms with Crippen LogP contribution >= 0.6 is 38.5 Å². The number of benzene rings is 1. The number of halogens is 2. The molecule has 0 amide bonds. The number of sulfonamides is 1. The molecule has 0 radical (unpaired) electrons. The Morgan fingerprint density at radius 3 is 2.46 bits per heavy atom. The van der Waals surface area contributed by atoms with Gasteiger partial charge in [0.25, 0.3) is 0 Å². The Morgan fingerprint density at radius 1 is 1.46 bits per heavy atom. The van der Waals surface area contributed by atoms with Gasteiger partial charge in [0.15, 0.2) is 0 Å². The van der Waals surface area contributed by atoms with E-state index in [1.54, 1.807) is 6.07 Å². The third-order valence-electron chi connectivity index (χ3n) is 1.59. The lowest BCUT2D eigenvalue weighted by molar-refractivity contribution is 0.597. The molecule has 0 aliphatic carbocycles. The molecule has 0 heterocycles. The van der Waals surface area contributed by atoms with Crippen LogP contribution in [0, 0.1) is 10.5 Å². The average Bonchev–Trinajstić information content (AvgIpc) is 1.98. The van der Waals surface area contributed by atoms with Gasteiger partial charge in [-0.2, -0.15) is 0 Å². The maximum atomic E-state index is 11.1. The highest BCUT2D eigenvalue weighted by Gasteiger charge is 2.14. The molecule has 1 aromatic carbocycles. The molecule has 0 atom stereocenters. The zero-order chi connectivity index (χ0) is 10.2. The number of rotatable bonds is 1. The van der Waals surface area contributed by atoms with Crippen molar-refractivity contribution in [1.82, 2.24) is 0 Å². The highest BCUT2D eigenvalue weighted by molar-refractivity contribution is 14.1. The van der Waals surface area contributed by atoms with E-state index in [1.807, 2.05) is 6.92 Å². The molecule has 0 aromatic heterocycles. The first kappa shape index (κ1) is 11.4. The summed E-state index contributed by atoms with van der Waals surface area (Å²) >= 11 is 5.33. The molecular formula is C7H7BrINO2S. The van der Waals surface area contributed by atoms with Gasteiger partial charge in [0.2, 0.25) is 10.0 Å². The fraction of sp³-hybridized carbons (Fsp3) is 0.143. The van der Waals surface area contributed by atoms with Crippen molar-refractivity contribution in [2.24, 2.45) is 5.14 Å². The van der Waals surface area contributed by atoms with Crippen molar-refractivity contribution in [1.29, 1.82) is 0 Å². The Hall–Kier alpha value is 0.340. The Morgan fingerprint density at radius 2 is 2.00 bits per heavy atom. The van der Waals surface area contributed by atoms with Crippen LogP contribution in [0.15, 0.2) is 21.5 Å². The van der Waals surface area contributed by atoms with Crippen LogP contribution < -0.4 is 5.14 Å². The lowest BCUT2D eigenvalue weighted by Crippen LogP contribution is -2.13. The average molecular weight is 376 g/mol. The van der Waals surface area contributed by atoms with Crippen LogP contribution in [0.1, 0.15) is 5.56 Å². The standard InChI is InChI=1S/C7H7BrINO2S/c1-4-5(9)2-3-6(7(4)8)13(10,11)12/h2-3H,1H3,(H2,10,11,12). The smallest absolute Gasteiger partial charge is 0.225 e. The Labute approximate surface area is 99.0 Å². The van der Waals surface area contributed by atoms with Crippen molar-refractivity contribution >= 4 is 48.5 Å². The summed E-state index contributed by atoms with van der Waals surface area (Å²) in [5.41, 5.74) is 0.882. The van der Waals surface area contributed by atoms with Gasteiger partial charge in [0.05, 0.1) is 4.90 Å². The van der Waals surface area contributed by atoms with Gasteiger partial charge in [-0.25, -0.2) is 13.6 Å². The van der Waals surface area contributed by atoms with Gasteiger partial charge >= 0.3 is 0 Å². The van der Waals surface area contributed by atoms with Crippen molar-refractivity contribution in [2.45, 2.75) is 11.8 Å². The maximum absolute atomic E-state index is 11.1. The molecule has 0 aliphatic rings. The number of primary sulfonamides is 1. The minimum Gasteiger partial charge on any atom is -0.225 e. The number of nitrogens with two attached hydrogens (primary N) is 1. The van der Waals surface area contributed by atoms with Gasteiger partial charge in [0, 0.05) is 8.04 Å². The summed E-state index contributed by atoms with van der Waals surface area (Å²) in [4.78, 5) is 0.130. The number of hydrogen-bond donors (Lipinski definition) is 1. The highest BCUT2D eigenvalue weighted by atomic mass is 127. The van der Waals surface area contributed by atoms with Crippen molar-refractivity contribution in [3.63, 3.8) is 0 Å².